The number of aromatic hydroxyl groups is 2. The maximum absolute atomic E-state index is 13.5. The number of imidazole rings is 1. The van der Waals surface area contributed by atoms with Crippen LogP contribution in [0.3, 0.4) is 0 Å². The van der Waals surface area contributed by atoms with Crippen molar-refractivity contribution in [1.82, 2.24) is 9.38 Å². The summed E-state index contributed by atoms with van der Waals surface area (Å²) in [6, 6.07) is 11.7. The summed E-state index contributed by atoms with van der Waals surface area (Å²) in [5.41, 5.74) is 2.55. The van der Waals surface area contributed by atoms with Crippen molar-refractivity contribution in [2.24, 2.45) is 5.73 Å². The van der Waals surface area contributed by atoms with E-state index in [1.807, 2.05) is 0 Å². The Balaban J connectivity index is 1.93. The molecule has 0 fully saturated rings. The van der Waals surface area contributed by atoms with E-state index in [2.05, 4.69) is 4.98 Å². The molecule has 11 heteroatoms. The predicted octanol–water partition coefficient (Wildman–Crippen LogP) is 4.30. The Labute approximate surface area is 193 Å². The lowest BCUT2D eigenvalue weighted by Crippen LogP contribution is -2.11. The summed E-state index contributed by atoms with van der Waals surface area (Å²) in [6.45, 7) is 0. The summed E-state index contributed by atoms with van der Waals surface area (Å²) < 4.78 is 46.8. The van der Waals surface area contributed by atoms with E-state index >= 15 is 0 Å². The van der Waals surface area contributed by atoms with Crippen LogP contribution >= 0.6 is 0 Å². The molecule has 176 valence electrons. The van der Waals surface area contributed by atoms with Gasteiger partial charge in [-0.25, -0.2) is 9.78 Å². The quantitative estimate of drug-likeness (QED) is 0.329. The Morgan fingerprint density at radius 3 is 2.51 bits per heavy atom. The Kier molecular flexibility index (Phi) is 4.79. The number of nitrogens with zero attached hydrogens (tertiary/aromatic N) is 2. The van der Waals surface area contributed by atoms with Crippen LogP contribution in [0.5, 0.6) is 11.5 Å². The fourth-order valence-electron chi connectivity index (χ4n) is 3.88. The lowest BCUT2D eigenvalue weighted by molar-refractivity contribution is -0.137. The highest BCUT2D eigenvalue weighted by molar-refractivity contribution is 5.98. The molecule has 0 saturated carbocycles. The van der Waals surface area contributed by atoms with E-state index in [1.54, 1.807) is 12.1 Å². The first-order valence-corrected chi connectivity index (χ1v) is 10.0. The molecule has 5 rings (SSSR count). The third kappa shape index (κ3) is 3.53. The molecule has 1 amide bonds. The summed E-state index contributed by atoms with van der Waals surface area (Å²) in [7, 11) is 0. The van der Waals surface area contributed by atoms with E-state index in [4.69, 9.17) is 10.2 Å². The van der Waals surface area contributed by atoms with Crippen LogP contribution in [-0.4, -0.2) is 25.5 Å². The lowest BCUT2D eigenvalue weighted by atomic mass is 10.0. The standard InChI is InChI=1S/C24H14F3N3O5/c25-24(26,27)12-6-8-17-29-19(11-5-7-15(31)14(9-11)22(28)33)20(30(17)10-12)18-21(32)13-3-1-2-4-16(13)35-23(18)34/h1-10,31-32H,(H2,28,33). The number of aromatic nitrogens is 2. The van der Waals surface area contributed by atoms with Gasteiger partial charge in [0, 0.05) is 11.8 Å². The second-order valence-corrected chi connectivity index (χ2v) is 7.66. The summed E-state index contributed by atoms with van der Waals surface area (Å²) in [6.07, 6.45) is -3.96. The van der Waals surface area contributed by atoms with Crippen molar-refractivity contribution < 1.29 is 32.6 Å². The largest absolute Gasteiger partial charge is 0.507 e. The monoisotopic (exact) mass is 481 g/mol. The first-order chi connectivity index (χ1) is 16.6. The summed E-state index contributed by atoms with van der Waals surface area (Å²) in [5.74, 6) is -1.90. The second kappa shape index (κ2) is 7.62. The molecule has 4 N–H and O–H groups in total. The van der Waals surface area contributed by atoms with Crippen molar-refractivity contribution in [3.05, 3.63) is 82.3 Å². The van der Waals surface area contributed by atoms with E-state index in [0.717, 1.165) is 28.8 Å². The third-order valence-electron chi connectivity index (χ3n) is 5.50. The van der Waals surface area contributed by atoms with Gasteiger partial charge in [0.15, 0.2) is 0 Å². The minimum absolute atomic E-state index is 0.0173. The van der Waals surface area contributed by atoms with Gasteiger partial charge in [0.2, 0.25) is 0 Å². The van der Waals surface area contributed by atoms with Gasteiger partial charge < -0.3 is 20.4 Å². The molecule has 0 aliphatic rings. The third-order valence-corrected chi connectivity index (χ3v) is 5.50. The first kappa shape index (κ1) is 22.0. The van der Waals surface area contributed by atoms with E-state index in [-0.39, 0.29) is 39.1 Å². The summed E-state index contributed by atoms with van der Waals surface area (Å²) >= 11 is 0. The smallest absolute Gasteiger partial charge is 0.417 e. The number of nitrogens with two attached hydrogens (primary N) is 1. The van der Waals surface area contributed by atoms with Crippen LogP contribution in [0.1, 0.15) is 15.9 Å². The molecule has 5 aromatic rings. The Bertz CT molecular complexity index is 1720. The molecule has 3 heterocycles. The fourth-order valence-corrected chi connectivity index (χ4v) is 3.88. The SMILES string of the molecule is NC(=O)c1cc(-c2nc3ccc(C(F)(F)F)cn3c2-c2c(O)c3ccccc3oc2=O)ccc1O. The Hall–Kier alpha value is -4.80. The van der Waals surface area contributed by atoms with Crippen molar-refractivity contribution in [2.45, 2.75) is 6.18 Å². The molecule has 0 saturated heterocycles. The molecule has 0 unspecified atom stereocenters. The topological polar surface area (TPSA) is 131 Å². The van der Waals surface area contributed by atoms with Crippen LogP contribution in [0.4, 0.5) is 13.2 Å². The number of amides is 1. The normalized spacial score (nSPS) is 11.9. The minimum atomic E-state index is -4.70. The molecular formula is C24H14F3N3O5. The molecule has 0 atom stereocenters. The van der Waals surface area contributed by atoms with Crippen molar-refractivity contribution in [3.8, 4) is 34.0 Å². The predicted molar refractivity (Wildman–Crippen MR) is 119 cm³/mol. The van der Waals surface area contributed by atoms with Crippen molar-refractivity contribution in [3.63, 3.8) is 0 Å². The zero-order chi connectivity index (χ0) is 25.1. The van der Waals surface area contributed by atoms with Gasteiger partial charge in [-0.1, -0.05) is 12.1 Å². The number of phenols is 1. The van der Waals surface area contributed by atoms with Gasteiger partial charge in [-0.2, -0.15) is 13.2 Å². The molecule has 8 nitrogen and oxygen atoms in total. The van der Waals surface area contributed by atoms with Gasteiger partial charge in [-0.05, 0) is 42.5 Å². The molecule has 3 aromatic heterocycles. The highest BCUT2D eigenvalue weighted by atomic mass is 19.4. The molecule has 0 bridgehead atoms. The lowest BCUT2D eigenvalue weighted by Gasteiger charge is -2.11. The molecule has 0 spiro atoms. The van der Waals surface area contributed by atoms with Gasteiger partial charge in [-0.3, -0.25) is 9.20 Å². The fraction of sp³-hybridized carbons (Fsp3) is 0.0417. The zero-order valence-corrected chi connectivity index (χ0v) is 17.5. The zero-order valence-electron chi connectivity index (χ0n) is 17.5. The maximum Gasteiger partial charge on any atom is 0.417 e. The van der Waals surface area contributed by atoms with Crippen molar-refractivity contribution in [1.29, 1.82) is 0 Å². The van der Waals surface area contributed by atoms with E-state index in [1.165, 1.54) is 24.3 Å². The number of halogens is 3. The average molecular weight is 481 g/mol. The highest BCUT2D eigenvalue weighted by Gasteiger charge is 2.32. The molecule has 0 radical (unpaired) electrons. The van der Waals surface area contributed by atoms with Gasteiger partial charge in [0.1, 0.15) is 28.3 Å². The number of hydrogen-bond donors (Lipinski definition) is 3. The van der Waals surface area contributed by atoms with E-state index in [0.29, 0.717) is 0 Å². The van der Waals surface area contributed by atoms with Gasteiger partial charge >= 0.3 is 11.8 Å². The Morgan fingerprint density at radius 2 is 1.80 bits per heavy atom. The van der Waals surface area contributed by atoms with Crippen LogP contribution in [0.2, 0.25) is 0 Å². The minimum Gasteiger partial charge on any atom is -0.507 e. The average Bonchev–Trinajstić information content (AvgIpc) is 3.17. The van der Waals surface area contributed by atoms with Gasteiger partial charge in [0.05, 0.1) is 27.9 Å². The molecule has 0 aliphatic carbocycles. The van der Waals surface area contributed by atoms with Gasteiger partial charge in [0.25, 0.3) is 5.91 Å². The molecular weight excluding hydrogens is 467 g/mol. The summed E-state index contributed by atoms with van der Waals surface area (Å²) in [5, 5.41) is 21.1. The molecule has 2 aromatic carbocycles. The number of carbonyl (C=O) groups excluding carboxylic acids is 1. The number of primary amides is 1. The van der Waals surface area contributed by atoms with Crippen LogP contribution < -0.4 is 11.4 Å². The summed E-state index contributed by atoms with van der Waals surface area (Å²) in [4.78, 5) is 29.1. The Morgan fingerprint density at radius 1 is 1.06 bits per heavy atom. The second-order valence-electron chi connectivity index (χ2n) is 7.66. The van der Waals surface area contributed by atoms with Crippen molar-refractivity contribution >= 4 is 22.5 Å². The number of rotatable bonds is 3. The van der Waals surface area contributed by atoms with E-state index < -0.39 is 40.3 Å². The van der Waals surface area contributed by atoms with Crippen molar-refractivity contribution in [2.75, 3.05) is 0 Å². The molecule has 0 aliphatic heterocycles. The van der Waals surface area contributed by atoms with Crippen LogP contribution in [0.15, 0.2) is 70.0 Å². The maximum atomic E-state index is 13.5. The number of fused-ring (bicyclic) bond motifs is 2. The number of hydrogen-bond acceptors (Lipinski definition) is 6. The van der Waals surface area contributed by atoms with Crippen LogP contribution in [0, 0.1) is 0 Å². The number of para-hydroxylation sites is 1. The van der Waals surface area contributed by atoms with Crippen LogP contribution in [-0.2, 0) is 6.18 Å². The van der Waals surface area contributed by atoms with E-state index in [9.17, 15) is 33.0 Å². The number of alkyl halides is 3. The molecule has 35 heavy (non-hydrogen) atoms. The number of carbonyl (C=O) groups is 1. The van der Waals surface area contributed by atoms with Crippen LogP contribution in [0.25, 0.3) is 39.1 Å². The van der Waals surface area contributed by atoms with Gasteiger partial charge in [-0.15, -0.1) is 0 Å². The number of pyridine rings is 1. The number of benzene rings is 2. The first-order valence-electron chi connectivity index (χ1n) is 10.0. The highest BCUT2D eigenvalue weighted by Crippen LogP contribution is 2.40.